The Morgan fingerprint density at radius 2 is 2.27 bits per heavy atom. The fourth-order valence-electron chi connectivity index (χ4n) is 4.17. The summed E-state index contributed by atoms with van der Waals surface area (Å²) < 4.78 is 10.9. The average molecular weight is 356 g/mol. The van der Waals surface area contributed by atoms with E-state index in [0.29, 0.717) is 42.4 Å². The number of fused-ring (bicyclic) bond motifs is 3. The molecule has 0 radical (unpaired) electrons. The first-order valence-electron chi connectivity index (χ1n) is 9.02. The van der Waals surface area contributed by atoms with Crippen LogP contribution in [0.2, 0.25) is 0 Å². The third kappa shape index (κ3) is 2.65. The van der Waals surface area contributed by atoms with Crippen molar-refractivity contribution in [1.82, 2.24) is 15.6 Å². The highest BCUT2D eigenvalue weighted by atomic mass is 16.5. The highest BCUT2D eigenvalue weighted by molar-refractivity contribution is 5.98. The van der Waals surface area contributed by atoms with Crippen LogP contribution in [-0.4, -0.2) is 54.7 Å². The van der Waals surface area contributed by atoms with E-state index in [2.05, 4.69) is 15.6 Å². The molecule has 2 aromatic heterocycles. The summed E-state index contributed by atoms with van der Waals surface area (Å²) in [7, 11) is 0. The van der Waals surface area contributed by atoms with E-state index >= 15 is 0 Å². The number of hydrogen-bond acceptors (Lipinski definition) is 6. The molecule has 3 aliphatic heterocycles. The van der Waals surface area contributed by atoms with Gasteiger partial charge < -0.3 is 19.8 Å². The van der Waals surface area contributed by atoms with Gasteiger partial charge in [0.25, 0.3) is 11.8 Å². The topological polar surface area (TPSA) is 96.7 Å². The van der Waals surface area contributed by atoms with Gasteiger partial charge in [-0.2, -0.15) is 0 Å². The molecule has 8 nitrogen and oxygen atoms in total. The molecule has 2 bridgehead atoms. The number of aromatic nitrogens is 1. The first kappa shape index (κ1) is 15.8. The lowest BCUT2D eigenvalue weighted by Crippen LogP contribution is -2.43. The maximum atomic E-state index is 12.6. The highest BCUT2D eigenvalue weighted by Gasteiger charge is 2.39. The SMILES string of the molecule is O=C(N[C@@H]1C[C@H]2CC[C@@H]1N2)c1cc2cc(N3CCOCC3=O)oc2cn1. The number of nitrogens with zero attached hydrogens (tertiary/aromatic N) is 2. The van der Waals surface area contributed by atoms with Crippen molar-refractivity contribution in [1.29, 1.82) is 0 Å². The molecular weight excluding hydrogens is 336 g/mol. The molecule has 3 fully saturated rings. The van der Waals surface area contributed by atoms with E-state index in [1.807, 2.05) is 0 Å². The number of carbonyl (C=O) groups is 2. The Morgan fingerprint density at radius 1 is 1.35 bits per heavy atom. The summed E-state index contributed by atoms with van der Waals surface area (Å²) >= 11 is 0. The van der Waals surface area contributed by atoms with E-state index in [0.717, 1.165) is 18.2 Å². The summed E-state index contributed by atoms with van der Waals surface area (Å²) in [5.41, 5.74) is 0.915. The van der Waals surface area contributed by atoms with Crippen molar-refractivity contribution in [3.63, 3.8) is 0 Å². The summed E-state index contributed by atoms with van der Waals surface area (Å²) in [5, 5.41) is 7.36. The lowest BCUT2D eigenvalue weighted by atomic mass is 9.95. The second kappa shape index (κ2) is 6.07. The molecular formula is C18H20N4O4. The molecule has 136 valence electrons. The largest absolute Gasteiger partial charge is 0.438 e. The van der Waals surface area contributed by atoms with Gasteiger partial charge in [0, 0.05) is 29.6 Å². The van der Waals surface area contributed by atoms with Crippen LogP contribution in [0.25, 0.3) is 11.0 Å². The summed E-state index contributed by atoms with van der Waals surface area (Å²) in [6.07, 6.45) is 4.82. The minimum absolute atomic E-state index is 0.0561. The molecule has 3 saturated heterocycles. The van der Waals surface area contributed by atoms with Crippen molar-refractivity contribution in [3.05, 3.63) is 24.0 Å². The van der Waals surface area contributed by atoms with Crippen molar-refractivity contribution < 1.29 is 18.7 Å². The maximum Gasteiger partial charge on any atom is 0.270 e. The first-order valence-corrected chi connectivity index (χ1v) is 9.02. The third-order valence-electron chi connectivity index (χ3n) is 5.49. The molecule has 0 saturated carbocycles. The molecule has 0 aromatic carbocycles. The summed E-state index contributed by atoms with van der Waals surface area (Å²) in [6, 6.07) is 4.56. The lowest BCUT2D eigenvalue weighted by Gasteiger charge is -2.23. The molecule has 2 aromatic rings. The summed E-state index contributed by atoms with van der Waals surface area (Å²) in [6.45, 7) is 0.990. The van der Waals surface area contributed by atoms with Crippen LogP contribution in [0.4, 0.5) is 5.88 Å². The van der Waals surface area contributed by atoms with E-state index in [4.69, 9.17) is 9.15 Å². The number of nitrogens with one attached hydrogen (secondary N) is 2. The summed E-state index contributed by atoms with van der Waals surface area (Å²) in [4.78, 5) is 30.3. The fourth-order valence-corrected chi connectivity index (χ4v) is 4.17. The Morgan fingerprint density at radius 3 is 3.04 bits per heavy atom. The van der Waals surface area contributed by atoms with E-state index in [-0.39, 0.29) is 24.5 Å². The normalized spacial score (nSPS) is 28.1. The molecule has 5 heterocycles. The molecule has 0 unspecified atom stereocenters. The van der Waals surface area contributed by atoms with Gasteiger partial charge in [-0.25, -0.2) is 4.98 Å². The zero-order valence-corrected chi connectivity index (χ0v) is 14.2. The quantitative estimate of drug-likeness (QED) is 0.845. The number of carbonyl (C=O) groups excluding carboxylic acids is 2. The van der Waals surface area contributed by atoms with Crippen molar-refractivity contribution in [3.8, 4) is 0 Å². The van der Waals surface area contributed by atoms with E-state index < -0.39 is 0 Å². The minimum Gasteiger partial charge on any atom is -0.438 e. The van der Waals surface area contributed by atoms with E-state index in [1.54, 1.807) is 17.0 Å². The van der Waals surface area contributed by atoms with Gasteiger partial charge in [0.2, 0.25) is 5.88 Å². The molecule has 5 rings (SSSR count). The van der Waals surface area contributed by atoms with Crippen molar-refractivity contribution in [2.75, 3.05) is 24.7 Å². The van der Waals surface area contributed by atoms with Crippen LogP contribution >= 0.6 is 0 Å². The van der Waals surface area contributed by atoms with Crippen LogP contribution in [0.15, 0.2) is 22.7 Å². The molecule has 0 spiro atoms. The minimum atomic E-state index is -0.170. The second-order valence-corrected chi connectivity index (χ2v) is 7.15. The van der Waals surface area contributed by atoms with Gasteiger partial charge >= 0.3 is 0 Å². The molecule has 8 heteroatoms. The Bertz CT molecular complexity index is 879. The van der Waals surface area contributed by atoms with Crippen molar-refractivity contribution in [2.45, 2.75) is 37.4 Å². The zero-order chi connectivity index (χ0) is 17.7. The van der Waals surface area contributed by atoms with Gasteiger partial charge in [-0.05, 0) is 25.3 Å². The predicted molar refractivity (Wildman–Crippen MR) is 93.0 cm³/mol. The Balaban J connectivity index is 1.36. The van der Waals surface area contributed by atoms with Gasteiger partial charge in [-0.15, -0.1) is 0 Å². The summed E-state index contributed by atoms with van der Waals surface area (Å²) in [5.74, 6) is 0.159. The Kier molecular flexibility index (Phi) is 3.68. The van der Waals surface area contributed by atoms with Crippen LogP contribution in [-0.2, 0) is 9.53 Å². The zero-order valence-electron chi connectivity index (χ0n) is 14.2. The smallest absolute Gasteiger partial charge is 0.270 e. The molecule has 3 atom stereocenters. The van der Waals surface area contributed by atoms with Gasteiger partial charge in [0.15, 0.2) is 5.58 Å². The fraction of sp³-hybridized carbons (Fsp3) is 0.500. The number of pyridine rings is 1. The third-order valence-corrected chi connectivity index (χ3v) is 5.49. The van der Waals surface area contributed by atoms with Crippen LogP contribution in [0.1, 0.15) is 29.8 Å². The molecule has 26 heavy (non-hydrogen) atoms. The van der Waals surface area contributed by atoms with Crippen LogP contribution in [0, 0.1) is 0 Å². The standard InChI is InChI=1S/C18H20N4O4/c23-16-9-25-4-3-22(16)17-6-10-5-14(19-8-15(10)26-17)18(24)21-13-7-11-1-2-12(13)20-11/h5-6,8,11-13,20H,1-4,7,9H2,(H,21,24)/t11-,12+,13-/m1/s1. The van der Waals surface area contributed by atoms with E-state index in [9.17, 15) is 9.59 Å². The number of anilines is 1. The average Bonchev–Trinajstić information content (AvgIpc) is 3.36. The number of morpholine rings is 1. The van der Waals surface area contributed by atoms with Gasteiger partial charge in [-0.1, -0.05) is 0 Å². The molecule has 3 aliphatic rings. The Hall–Kier alpha value is -2.45. The van der Waals surface area contributed by atoms with Crippen LogP contribution < -0.4 is 15.5 Å². The maximum absolute atomic E-state index is 12.6. The molecule has 0 aliphatic carbocycles. The number of amides is 2. The molecule has 2 amide bonds. The van der Waals surface area contributed by atoms with Gasteiger partial charge in [0.1, 0.15) is 12.3 Å². The highest BCUT2D eigenvalue weighted by Crippen LogP contribution is 2.29. The number of hydrogen-bond donors (Lipinski definition) is 2. The molecule has 2 N–H and O–H groups in total. The predicted octanol–water partition coefficient (Wildman–Crippen LogP) is 0.814. The van der Waals surface area contributed by atoms with Gasteiger partial charge in [-0.3, -0.25) is 14.5 Å². The number of furan rings is 1. The van der Waals surface area contributed by atoms with Crippen molar-refractivity contribution in [2.24, 2.45) is 0 Å². The number of ether oxygens (including phenoxy) is 1. The van der Waals surface area contributed by atoms with Gasteiger partial charge in [0.05, 0.1) is 19.3 Å². The lowest BCUT2D eigenvalue weighted by molar-refractivity contribution is -0.125. The first-order chi connectivity index (χ1) is 12.7. The van der Waals surface area contributed by atoms with Crippen molar-refractivity contribution >= 4 is 28.7 Å². The number of rotatable bonds is 3. The van der Waals surface area contributed by atoms with E-state index in [1.165, 1.54) is 12.6 Å². The monoisotopic (exact) mass is 356 g/mol. The Labute approximate surface area is 149 Å². The van der Waals surface area contributed by atoms with Crippen LogP contribution in [0.5, 0.6) is 0 Å². The second-order valence-electron chi connectivity index (χ2n) is 7.15. The van der Waals surface area contributed by atoms with Crippen LogP contribution in [0.3, 0.4) is 0 Å².